The Hall–Kier alpha value is -0.0400. The van der Waals surface area contributed by atoms with Crippen molar-refractivity contribution in [2.75, 3.05) is 0 Å². The van der Waals surface area contributed by atoms with Crippen molar-refractivity contribution < 1.29 is 5.11 Å². The largest absolute Gasteiger partial charge is 0.392 e. The van der Waals surface area contributed by atoms with Gasteiger partial charge in [-0.3, -0.25) is 0 Å². The Morgan fingerprint density at radius 1 is 1.17 bits per heavy atom. The fourth-order valence-electron chi connectivity index (χ4n) is 3.82. The molecule has 2 unspecified atom stereocenters. The summed E-state index contributed by atoms with van der Waals surface area (Å²) >= 11 is 0. The summed E-state index contributed by atoms with van der Waals surface area (Å²) in [5.74, 6) is 0.537. The molecule has 70 valence electrons. The minimum atomic E-state index is -0.0596. The predicted octanol–water partition coefficient (Wildman–Crippen LogP) is 2.58. The third-order valence-corrected chi connectivity index (χ3v) is 4.86. The van der Waals surface area contributed by atoms with Crippen LogP contribution in [-0.2, 0) is 0 Å². The summed E-state index contributed by atoms with van der Waals surface area (Å²) in [7, 11) is 0. The van der Waals surface area contributed by atoms with E-state index in [0.29, 0.717) is 11.3 Å². The molecule has 0 saturated heterocycles. The second kappa shape index (κ2) is 2.25. The summed E-state index contributed by atoms with van der Waals surface area (Å²) < 4.78 is 0. The highest BCUT2D eigenvalue weighted by molar-refractivity contribution is 5.13. The van der Waals surface area contributed by atoms with Crippen molar-refractivity contribution in [3.05, 3.63) is 0 Å². The fraction of sp³-hybridized carbons (Fsp3) is 1.00. The summed E-state index contributed by atoms with van der Waals surface area (Å²) in [6.07, 6.45) is 5.38. The van der Waals surface area contributed by atoms with Crippen LogP contribution in [0.3, 0.4) is 0 Å². The maximum absolute atomic E-state index is 9.87. The lowest BCUT2D eigenvalue weighted by atomic mass is 9.43. The van der Waals surface area contributed by atoms with E-state index in [1.807, 2.05) is 0 Å². The minimum Gasteiger partial charge on any atom is -0.392 e. The molecular formula is C11H20O. The van der Waals surface area contributed by atoms with Crippen molar-refractivity contribution in [1.82, 2.24) is 0 Å². The molecule has 1 N–H and O–H groups in total. The molecule has 2 atom stereocenters. The van der Waals surface area contributed by atoms with E-state index in [4.69, 9.17) is 0 Å². The Morgan fingerprint density at radius 2 is 1.67 bits per heavy atom. The van der Waals surface area contributed by atoms with E-state index >= 15 is 0 Å². The number of hydrogen-bond donors (Lipinski definition) is 1. The topological polar surface area (TPSA) is 20.2 Å². The van der Waals surface area contributed by atoms with Crippen molar-refractivity contribution in [2.45, 2.75) is 52.6 Å². The molecule has 0 aliphatic heterocycles. The van der Waals surface area contributed by atoms with Crippen molar-refractivity contribution in [3.8, 4) is 0 Å². The summed E-state index contributed by atoms with van der Waals surface area (Å²) in [5.41, 5.74) is 0.676. The van der Waals surface area contributed by atoms with Crippen LogP contribution in [0.5, 0.6) is 0 Å². The molecule has 2 saturated carbocycles. The van der Waals surface area contributed by atoms with Crippen molar-refractivity contribution in [1.29, 1.82) is 0 Å². The zero-order valence-electron chi connectivity index (χ0n) is 8.43. The van der Waals surface area contributed by atoms with Crippen LogP contribution in [0.25, 0.3) is 0 Å². The second-order valence-electron chi connectivity index (χ2n) is 5.32. The smallest absolute Gasteiger partial charge is 0.0627 e. The van der Waals surface area contributed by atoms with Gasteiger partial charge in [-0.15, -0.1) is 0 Å². The standard InChI is InChI=1S/C11H20O/c1-8-9(12)10(2,3)11(8)6-4-5-7-11/h8-9,12H,4-7H2,1-3H3. The van der Waals surface area contributed by atoms with Gasteiger partial charge in [0.25, 0.3) is 0 Å². The van der Waals surface area contributed by atoms with Gasteiger partial charge in [0, 0.05) is 0 Å². The lowest BCUT2D eigenvalue weighted by Crippen LogP contribution is -2.64. The number of aliphatic hydroxyl groups is 1. The van der Waals surface area contributed by atoms with Crippen LogP contribution in [0, 0.1) is 16.7 Å². The predicted molar refractivity (Wildman–Crippen MR) is 49.9 cm³/mol. The molecule has 0 aromatic rings. The van der Waals surface area contributed by atoms with E-state index in [0.717, 1.165) is 0 Å². The second-order valence-corrected chi connectivity index (χ2v) is 5.32. The van der Waals surface area contributed by atoms with E-state index < -0.39 is 0 Å². The first-order valence-electron chi connectivity index (χ1n) is 5.20. The van der Waals surface area contributed by atoms with Gasteiger partial charge >= 0.3 is 0 Å². The molecule has 1 heteroatoms. The zero-order chi connectivity index (χ0) is 8.98. The quantitative estimate of drug-likeness (QED) is 0.589. The number of rotatable bonds is 0. The van der Waals surface area contributed by atoms with E-state index in [9.17, 15) is 5.11 Å². The number of aliphatic hydroxyl groups excluding tert-OH is 1. The average molecular weight is 168 g/mol. The van der Waals surface area contributed by atoms with Gasteiger partial charge in [-0.25, -0.2) is 0 Å². The van der Waals surface area contributed by atoms with Crippen molar-refractivity contribution in [2.24, 2.45) is 16.7 Å². The highest BCUT2D eigenvalue weighted by Crippen LogP contribution is 2.67. The Balaban J connectivity index is 2.25. The molecule has 2 aliphatic rings. The Morgan fingerprint density at radius 3 is 2.08 bits per heavy atom. The van der Waals surface area contributed by atoms with Crippen LogP contribution < -0.4 is 0 Å². The van der Waals surface area contributed by atoms with Gasteiger partial charge in [0.05, 0.1) is 6.10 Å². The molecule has 0 amide bonds. The molecule has 0 heterocycles. The van der Waals surface area contributed by atoms with E-state index in [1.54, 1.807) is 0 Å². The SMILES string of the molecule is CC1C(O)C(C)(C)C12CCCC2. The summed E-state index contributed by atoms with van der Waals surface area (Å²) in [6, 6.07) is 0. The molecule has 1 spiro atoms. The molecular weight excluding hydrogens is 148 g/mol. The first-order valence-corrected chi connectivity index (χ1v) is 5.20. The first-order chi connectivity index (χ1) is 5.52. The van der Waals surface area contributed by atoms with E-state index in [2.05, 4.69) is 20.8 Å². The fourth-order valence-corrected chi connectivity index (χ4v) is 3.82. The van der Waals surface area contributed by atoms with Gasteiger partial charge < -0.3 is 5.11 Å². The van der Waals surface area contributed by atoms with Crippen molar-refractivity contribution >= 4 is 0 Å². The lowest BCUT2D eigenvalue weighted by molar-refractivity contribution is -0.220. The van der Waals surface area contributed by atoms with Crippen LogP contribution >= 0.6 is 0 Å². The molecule has 12 heavy (non-hydrogen) atoms. The Kier molecular flexibility index (Phi) is 1.61. The monoisotopic (exact) mass is 168 g/mol. The maximum Gasteiger partial charge on any atom is 0.0627 e. The molecule has 2 rings (SSSR count). The molecule has 2 aliphatic carbocycles. The molecule has 1 nitrogen and oxygen atoms in total. The lowest BCUT2D eigenvalue weighted by Gasteiger charge is -2.63. The van der Waals surface area contributed by atoms with Gasteiger partial charge in [0.2, 0.25) is 0 Å². The third-order valence-electron chi connectivity index (χ3n) is 4.86. The highest BCUT2D eigenvalue weighted by Gasteiger charge is 2.64. The van der Waals surface area contributed by atoms with Crippen LogP contribution in [-0.4, -0.2) is 11.2 Å². The highest BCUT2D eigenvalue weighted by atomic mass is 16.3. The molecule has 0 bridgehead atoms. The van der Waals surface area contributed by atoms with Gasteiger partial charge in [0.1, 0.15) is 0 Å². The molecule has 2 fully saturated rings. The van der Waals surface area contributed by atoms with Gasteiger partial charge in [-0.1, -0.05) is 33.6 Å². The molecule has 0 aromatic carbocycles. The summed E-state index contributed by atoms with van der Waals surface area (Å²) in [5, 5.41) is 9.87. The summed E-state index contributed by atoms with van der Waals surface area (Å²) in [6.45, 7) is 6.70. The van der Waals surface area contributed by atoms with Gasteiger partial charge in [-0.2, -0.15) is 0 Å². The van der Waals surface area contributed by atoms with Crippen molar-refractivity contribution in [3.63, 3.8) is 0 Å². The van der Waals surface area contributed by atoms with Crippen LogP contribution in [0.2, 0.25) is 0 Å². The Labute approximate surface area is 75.2 Å². The van der Waals surface area contributed by atoms with E-state index in [1.165, 1.54) is 25.7 Å². The third kappa shape index (κ3) is 0.693. The van der Waals surface area contributed by atoms with Gasteiger partial charge in [-0.05, 0) is 29.6 Å². The van der Waals surface area contributed by atoms with E-state index in [-0.39, 0.29) is 11.5 Å². The zero-order valence-corrected chi connectivity index (χ0v) is 8.43. The van der Waals surface area contributed by atoms with Gasteiger partial charge in [0.15, 0.2) is 0 Å². The maximum atomic E-state index is 9.87. The number of hydrogen-bond acceptors (Lipinski definition) is 1. The minimum absolute atomic E-state index is 0.0596. The van der Waals surface area contributed by atoms with Crippen LogP contribution in [0.4, 0.5) is 0 Å². The molecule has 0 radical (unpaired) electrons. The Bertz CT molecular complexity index is 189. The van der Waals surface area contributed by atoms with Crippen LogP contribution in [0.1, 0.15) is 46.5 Å². The molecule has 0 aromatic heterocycles. The first kappa shape index (κ1) is 8.55. The normalized spacial score (nSPS) is 43.0. The average Bonchev–Trinajstić information content (AvgIpc) is 2.52. The summed E-state index contributed by atoms with van der Waals surface area (Å²) in [4.78, 5) is 0. The van der Waals surface area contributed by atoms with Crippen LogP contribution in [0.15, 0.2) is 0 Å².